The molecular weight excluding hydrogens is 354 g/mol. The molecule has 0 aromatic carbocycles. The van der Waals surface area contributed by atoms with E-state index in [2.05, 4.69) is 9.82 Å². The van der Waals surface area contributed by atoms with E-state index in [1.807, 2.05) is 24.6 Å². The zero-order valence-corrected chi connectivity index (χ0v) is 16.4. The van der Waals surface area contributed by atoms with Gasteiger partial charge in [0.15, 0.2) is 5.65 Å². The highest BCUT2D eigenvalue weighted by molar-refractivity contribution is 7.89. The second-order valence-electron chi connectivity index (χ2n) is 7.04. The van der Waals surface area contributed by atoms with E-state index in [4.69, 9.17) is 4.98 Å². The Balaban J connectivity index is 1.96. The third-order valence-electron chi connectivity index (χ3n) is 4.65. The van der Waals surface area contributed by atoms with Crippen LogP contribution in [0.5, 0.6) is 0 Å². The number of nitrogens with zero attached hydrogens (tertiary/aromatic N) is 4. The van der Waals surface area contributed by atoms with Crippen LogP contribution in [-0.2, 0) is 10.0 Å². The van der Waals surface area contributed by atoms with Gasteiger partial charge in [0.2, 0.25) is 10.0 Å². The number of rotatable bonds is 7. The van der Waals surface area contributed by atoms with Crippen LogP contribution in [0.4, 0.5) is 0 Å². The number of nitrogens with one attached hydrogen (secondary N) is 1. The number of pyridine rings is 1. The Morgan fingerprint density at radius 1 is 1.42 bits per heavy atom. The number of fused-ring (bicyclic) bond motifs is 1. The van der Waals surface area contributed by atoms with E-state index in [0.29, 0.717) is 22.5 Å². The molecule has 1 amide bonds. The van der Waals surface area contributed by atoms with Gasteiger partial charge in [-0.1, -0.05) is 0 Å². The fraction of sp³-hybridized carbons (Fsp3) is 0.588. The van der Waals surface area contributed by atoms with Crippen LogP contribution < -0.4 is 4.72 Å². The van der Waals surface area contributed by atoms with Gasteiger partial charge < -0.3 is 4.90 Å². The fourth-order valence-electron chi connectivity index (χ4n) is 2.85. The lowest BCUT2D eigenvalue weighted by atomic mass is 10.1. The van der Waals surface area contributed by atoms with Crippen molar-refractivity contribution >= 4 is 27.0 Å². The molecule has 0 radical (unpaired) electrons. The molecule has 0 unspecified atom stereocenters. The van der Waals surface area contributed by atoms with Gasteiger partial charge in [-0.25, -0.2) is 22.8 Å². The van der Waals surface area contributed by atoms with Gasteiger partial charge in [-0.2, -0.15) is 5.10 Å². The molecule has 1 fully saturated rings. The third-order valence-corrected chi connectivity index (χ3v) is 6.00. The van der Waals surface area contributed by atoms with Crippen LogP contribution in [0.15, 0.2) is 12.3 Å². The molecule has 142 valence electrons. The minimum absolute atomic E-state index is 0.114. The Kier molecular flexibility index (Phi) is 5.03. The predicted octanol–water partition coefficient (Wildman–Crippen LogP) is 1.51. The van der Waals surface area contributed by atoms with Crippen LogP contribution in [0.2, 0.25) is 0 Å². The molecule has 1 aliphatic carbocycles. The van der Waals surface area contributed by atoms with Crippen molar-refractivity contribution in [1.82, 2.24) is 24.4 Å². The molecule has 2 heterocycles. The molecule has 0 atom stereocenters. The Morgan fingerprint density at radius 2 is 2.12 bits per heavy atom. The topological polar surface area (TPSA) is 97.2 Å². The van der Waals surface area contributed by atoms with Crippen LogP contribution in [0.1, 0.15) is 54.7 Å². The normalized spacial score (nSPS) is 15.0. The van der Waals surface area contributed by atoms with Gasteiger partial charge in [0, 0.05) is 31.2 Å². The highest BCUT2D eigenvalue weighted by Gasteiger charge is 2.29. The monoisotopic (exact) mass is 379 g/mol. The zero-order chi connectivity index (χ0) is 19.1. The molecule has 0 aliphatic heterocycles. The molecule has 2 aromatic heterocycles. The molecule has 26 heavy (non-hydrogen) atoms. The molecule has 1 saturated carbocycles. The molecule has 1 N–H and O–H groups in total. The molecule has 0 saturated heterocycles. The van der Waals surface area contributed by atoms with Crippen molar-refractivity contribution in [3.8, 4) is 0 Å². The first-order valence-electron chi connectivity index (χ1n) is 8.78. The Bertz CT molecular complexity index is 931. The van der Waals surface area contributed by atoms with Crippen molar-refractivity contribution in [3.63, 3.8) is 0 Å². The summed E-state index contributed by atoms with van der Waals surface area (Å²) in [6, 6.07) is 1.98. The van der Waals surface area contributed by atoms with Gasteiger partial charge in [0.05, 0.1) is 22.9 Å². The maximum absolute atomic E-state index is 13.0. The van der Waals surface area contributed by atoms with E-state index in [1.165, 1.54) is 11.9 Å². The summed E-state index contributed by atoms with van der Waals surface area (Å²) in [4.78, 5) is 19.2. The van der Waals surface area contributed by atoms with E-state index in [1.54, 1.807) is 13.2 Å². The first-order valence-corrected chi connectivity index (χ1v) is 10.4. The molecule has 8 nitrogen and oxygen atoms in total. The van der Waals surface area contributed by atoms with E-state index < -0.39 is 10.0 Å². The van der Waals surface area contributed by atoms with Crippen molar-refractivity contribution in [2.45, 2.75) is 38.6 Å². The molecule has 1 aliphatic rings. The van der Waals surface area contributed by atoms with Gasteiger partial charge >= 0.3 is 0 Å². The Labute approximate surface area is 153 Å². The predicted molar refractivity (Wildman–Crippen MR) is 99.7 cm³/mol. The van der Waals surface area contributed by atoms with E-state index >= 15 is 0 Å². The van der Waals surface area contributed by atoms with Crippen molar-refractivity contribution < 1.29 is 13.2 Å². The van der Waals surface area contributed by atoms with Gasteiger partial charge in [0.1, 0.15) is 0 Å². The Hall–Kier alpha value is -2.00. The lowest BCUT2D eigenvalue weighted by Crippen LogP contribution is -2.34. The zero-order valence-electron chi connectivity index (χ0n) is 15.6. The molecule has 9 heteroatoms. The lowest BCUT2D eigenvalue weighted by molar-refractivity contribution is 0.0805. The lowest BCUT2D eigenvalue weighted by Gasteiger charge is -2.18. The van der Waals surface area contributed by atoms with Crippen LogP contribution in [-0.4, -0.2) is 60.4 Å². The van der Waals surface area contributed by atoms with Crippen molar-refractivity contribution in [2.75, 3.05) is 26.4 Å². The van der Waals surface area contributed by atoms with Gasteiger partial charge in [-0.3, -0.25) is 4.79 Å². The highest BCUT2D eigenvalue weighted by atomic mass is 32.2. The maximum atomic E-state index is 13.0. The fourth-order valence-corrected chi connectivity index (χ4v) is 3.57. The molecular formula is C17H25N5O3S. The highest BCUT2D eigenvalue weighted by Crippen LogP contribution is 2.40. The largest absolute Gasteiger partial charge is 0.341 e. The summed E-state index contributed by atoms with van der Waals surface area (Å²) >= 11 is 0. The average Bonchev–Trinajstić information content (AvgIpc) is 3.37. The maximum Gasteiger partial charge on any atom is 0.254 e. The average molecular weight is 379 g/mol. The minimum Gasteiger partial charge on any atom is -0.341 e. The molecule has 3 rings (SSSR count). The smallest absolute Gasteiger partial charge is 0.254 e. The second-order valence-corrected chi connectivity index (χ2v) is 9.08. The number of hydrogen-bond donors (Lipinski definition) is 1. The summed E-state index contributed by atoms with van der Waals surface area (Å²) < 4.78 is 27.4. The third kappa shape index (κ3) is 3.73. The van der Waals surface area contributed by atoms with Gasteiger partial charge in [0.25, 0.3) is 5.91 Å². The van der Waals surface area contributed by atoms with Gasteiger partial charge in [-0.15, -0.1) is 0 Å². The summed E-state index contributed by atoms with van der Waals surface area (Å²) in [6.45, 7) is 4.16. The van der Waals surface area contributed by atoms with Gasteiger partial charge in [-0.05, 0) is 39.8 Å². The van der Waals surface area contributed by atoms with E-state index in [0.717, 1.165) is 18.5 Å². The molecule has 2 aromatic rings. The number of carbonyl (C=O) groups is 1. The van der Waals surface area contributed by atoms with E-state index in [-0.39, 0.29) is 24.2 Å². The minimum atomic E-state index is -3.36. The first-order chi connectivity index (χ1) is 12.2. The van der Waals surface area contributed by atoms with Crippen molar-refractivity contribution in [1.29, 1.82) is 0 Å². The standard InChI is InChI=1S/C17H25N5O3S/c1-11(2)22-16-14(10-19-22)13(9-15(20-16)12-5-6-12)17(23)21(4)7-8-26(24,25)18-3/h9-12,18H,5-8H2,1-4H3. The summed E-state index contributed by atoms with van der Waals surface area (Å²) in [6.07, 6.45) is 3.83. The second kappa shape index (κ2) is 6.96. The van der Waals surface area contributed by atoms with E-state index in [9.17, 15) is 13.2 Å². The number of hydrogen-bond acceptors (Lipinski definition) is 5. The van der Waals surface area contributed by atoms with Crippen LogP contribution >= 0.6 is 0 Å². The van der Waals surface area contributed by atoms with Crippen LogP contribution in [0.25, 0.3) is 11.0 Å². The van der Waals surface area contributed by atoms with Crippen LogP contribution in [0.3, 0.4) is 0 Å². The quantitative estimate of drug-likeness (QED) is 0.786. The first kappa shape index (κ1) is 18.8. The number of sulfonamides is 1. The number of aromatic nitrogens is 3. The number of carbonyl (C=O) groups excluding carboxylic acids is 1. The summed E-state index contributed by atoms with van der Waals surface area (Å²) in [5.41, 5.74) is 2.16. The summed E-state index contributed by atoms with van der Waals surface area (Å²) in [7, 11) is -0.383. The SMILES string of the molecule is CNS(=O)(=O)CCN(C)C(=O)c1cc(C2CC2)nc2c1cnn2C(C)C. The van der Waals surface area contributed by atoms with Crippen LogP contribution in [0, 0.1) is 0 Å². The van der Waals surface area contributed by atoms with Crippen molar-refractivity contribution in [2.24, 2.45) is 0 Å². The van der Waals surface area contributed by atoms with Crippen molar-refractivity contribution in [3.05, 3.63) is 23.5 Å². The Morgan fingerprint density at radius 3 is 2.69 bits per heavy atom. The molecule has 0 bridgehead atoms. The summed E-state index contributed by atoms with van der Waals surface area (Å²) in [5.74, 6) is 0.0473. The molecule has 0 spiro atoms. The number of amides is 1. The summed E-state index contributed by atoms with van der Waals surface area (Å²) in [5, 5.41) is 5.10.